The lowest BCUT2D eigenvalue weighted by Gasteiger charge is -2.35. The molecule has 0 saturated carbocycles. The van der Waals surface area contributed by atoms with Crippen molar-refractivity contribution in [3.8, 4) is 0 Å². The van der Waals surface area contributed by atoms with Gasteiger partial charge in [0, 0.05) is 65.0 Å². The number of carbonyl (C=O) groups is 3. The third-order valence-corrected chi connectivity index (χ3v) is 7.32. The van der Waals surface area contributed by atoms with E-state index in [-0.39, 0.29) is 11.9 Å². The summed E-state index contributed by atoms with van der Waals surface area (Å²) in [5.41, 5.74) is 5.68. The van der Waals surface area contributed by atoms with Gasteiger partial charge in [0.05, 0.1) is 17.3 Å². The summed E-state index contributed by atoms with van der Waals surface area (Å²) < 4.78 is 1.98. The molecule has 1 aromatic carbocycles. The van der Waals surface area contributed by atoms with Crippen LogP contribution in [0.2, 0.25) is 0 Å². The van der Waals surface area contributed by atoms with Crippen LogP contribution in [0.1, 0.15) is 79.2 Å². The predicted molar refractivity (Wildman–Crippen MR) is 165 cm³/mol. The highest BCUT2D eigenvalue weighted by atomic mass is 16.2. The summed E-state index contributed by atoms with van der Waals surface area (Å²) in [4.78, 5) is 43.2. The number of piperidine rings is 1. The van der Waals surface area contributed by atoms with Gasteiger partial charge in [-0.15, -0.1) is 0 Å². The number of hydrogen-bond acceptors (Lipinski definition) is 8. The molecule has 0 spiro atoms. The van der Waals surface area contributed by atoms with Crippen molar-refractivity contribution in [1.82, 2.24) is 19.5 Å². The van der Waals surface area contributed by atoms with E-state index in [0.29, 0.717) is 6.42 Å². The summed E-state index contributed by atoms with van der Waals surface area (Å²) in [5, 5.41) is 8.25. The third-order valence-electron chi connectivity index (χ3n) is 7.32. The molecule has 1 unspecified atom stereocenters. The minimum atomic E-state index is -0.0575. The maximum atomic E-state index is 13.8. The molecule has 1 amide bonds. The molecule has 1 atom stereocenters. The van der Waals surface area contributed by atoms with E-state index in [2.05, 4.69) is 42.3 Å². The van der Waals surface area contributed by atoms with Crippen molar-refractivity contribution in [1.29, 1.82) is 0 Å². The molecular weight excluding hydrogens is 518 g/mol. The Balaban J connectivity index is 0.000000598. The van der Waals surface area contributed by atoms with Crippen LogP contribution in [-0.4, -0.2) is 79.3 Å². The summed E-state index contributed by atoms with van der Waals surface area (Å²) >= 11 is 0. The maximum Gasteiger partial charge on any atom is 0.256 e. The van der Waals surface area contributed by atoms with Gasteiger partial charge in [-0.2, -0.15) is 9.61 Å². The Kier molecular flexibility index (Phi) is 11.3. The molecule has 222 valence electrons. The molecule has 0 radical (unpaired) electrons. The molecule has 3 aromatic rings. The average Bonchev–Trinajstić information content (AvgIpc) is 3.40. The molecule has 1 fully saturated rings. The van der Waals surface area contributed by atoms with Crippen molar-refractivity contribution >= 4 is 41.4 Å². The SMILES string of the molecule is CC=O.CCC=O.CNc1ccc(C)cc1C(=O)N1CCCCC1c1cc2nc3c(c(N(C)C)n2n1)CCCN3C. The summed E-state index contributed by atoms with van der Waals surface area (Å²) in [6.07, 6.45) is 7.38. The lowest BCUT2D eigenvalue weighted by atomic mass is 9.97. The quantitative estimate of drug-likeness (QED) is 0.446. The number of fused-ring (bicyclic) bond motifs is 2. The van der Waals surface area contributed by atoms with Crippen molar-refractivity contribution in [3.05, 3.63) is 46.6 Å². The van der Waals surface area contributed by atoms with Crippen molar-refractivity contribution in [2.24, 2.45) is 0 Å². The first-order valence-corrected chi connectivity index (χ1v) is 14.5. The number of carbonyl (C=O) groups excluding carboxylic acids is 3. The molecule has 0 bridgehead atoms. The fourth-order valence-corrected chi connectivity index (χ4v) is 5.48. The summed E-state index contributed by atoms with van der Waals surface area (Å²) in [6, 6.07) is 8.03. The number of aryl methyl sites for hydroxylation is 1. The zero-order valence-corrected chi connectivity index (χ0v) is 25.6. The molecule has 10 heteroatoms. The van der Waals surface area contributed by atoms with Crippen molar-refractivity contribution in [2.75, 3.05) is 56.4 Å². The number of anilines is 3. The zero-order valence-electron chi connectivity index (χ0n) is 25.6. The number of nitrogens with one attached hydrogen (secondary N) is 1. The van der Waals surface area contributed by atoms with Gasteiger partial charge >= 0.3 is 0 Å². The maximum absolute atomic E-state index is 13.8. The number of nitrogens with zero attached hydrogens (tertiary/aromatic N) is 6. The largest absolute Gasteiger partial charge is 0.387 e. The van der Waals surface area contributed by atoms with Crippen molar-refractivity contribution in [3.63, 3.8) is 0 Å². The number of amides is 1. The second-order valence-electron chi connectivity index (χ2n) is 10.6. The van der Waals surface area contributed by atoms with Gasteiger partial charge in [0.1, 0.15) is 24.2 Å². The first-order valence-electron chi connectivity index (χ1n) is 14.5. The Bertz CT molecular complexity index is 1350. The van der Waals surface area contributed by atoms with E-state index in [1.807, 2.05) is 48.5 Å². The van der Waals surface area contributed by atoms with Crippen LogP contribution in [0.4, 0.5) is 17.3 Å². The fraction of sp³-hybridized carbons (Fsp3) is 0.516. The second kappa shape index (κ2) is 14.6. The minimum Gasteiger partial charge on any atom is -0.387 e. The highest BCUT2D eigenvalue weighted by Gasteiger charge is 2.33. The molecule has 4 heterocycles. The van der Waals surface area contributed by atoms with Gasteiger partial charge in [-0.3, -0.25) is 4.79 Å². The number of rotatable bonds is 5. The van der Waals surface area contributed by atoms with E-state index in [4.69, 9.17) is 14.9 Å². The molecule has 2 aliphatic rings. The predicted octanol–water partition coefficient (Wildman–Crippen LogP) is 4.70. The lowest BCUT2D eigenvalue weighted by molar-refractivity contribution is -0.107. The summed E-state index contributed by atoms with van der Waals surface area (Å²) in [7, 11) is 8.11. The van der Waals surface area contributed by atoms with Crippen molar-refractivity contribution in [2.45, 2.75) is 65.3 Å². The minimum absolute atomic E-state index is 0.0575. The van der Waals surface area contributed by atoms with Crippen LogP contribution in [0.5, 0.6) is 0 Å². The Hall–Kier alpha value is -3.95. The molecule has 2 aliphatic heterocycles. The molecule has 1 N–H and O–H groups in total. The van der Waals surface area contributed by atoms with E-state index in [1.165, 1.54) is 12.5 Å². The Labute approximate surface area is 243 Å². The standard InChI is InChI=1S/C26H35N7O.C3H6O.C2H4O/c1-17-11-12-20(27-2)19(15-17)26(34)32-14-7-6-10-22(32)21-16-23-28-24-18(9-8-13-31(24)5)25(30(3)4)33(23)29-21;1-2-3-4;1-2-3/h11-12,15-16,22,27H,6-10,13-14H2,1-5H3;3H,2H2,1H3;2H,1H3. The van der Waals surface area contributed by atoms with Crippen LogP contribution in [0.15, 0.2) is 24.3 Å². The lowest BCUT2D eigenvalue weighted by Crippen LogP contribution is -2.39. The Morgan fingerprint density at radius 3 is 2.49 bits per heavy atom. The molecular formula is C31H45N7O3. The molecule has 10 nitrogen and oxygen atoms in total. The van der Waals surface area contributed by atoms with E-state index in [1.54, 1.807) is 0 Å². The highest BCUT2D eigenvalue weighted by molar-refractivity contribution is 6.00. The topological polar surface area (TPSA) is 103 Å². The second-order valence-corrected chi connectivity index (χ2v) is 10.6. The molecule has 2 aromatic heterocycles. The van der Waals surface area contributed by atoms with Gasteiger partial charge in [-0.25, -0.2) is 4.98 Å². The first-order chi connectivity index (χ1) is 19.7. The zero-order chi connectivity index (χ0) is 30.1. The molecule has 41 heavy (non-hydrogen) atoms. The van der Waals surface area contributed by atoms with Crippen LogP contribution < -0.4 is 15.1 Å². The third kappa shape index (κ3) is 7.04. The van der Waals surface area contributed by atoms with Gasteiger partial charge in [0.2, 0.25) is 0 Å². The number of aromatic nitrogens is 3. The summed E-state index contributed by atoms with van der Waals surface area (Å²) in [6.45, 7) is 7.03. The van der Waals surface area contributed by atoms with Crippen LogP contribution in [-0.2, 0) is 16.0 Å². The smallest absolute Gasteiger partial charge is 0.256 e. The molecule has 0 aliphatic carbocycles. The average molecular weight is 564 g/mol. The molecule has 1 saturated heterocycles. The number of likely N-dealkylation sites (tertiary alicyclic amines) is 1. The van der Waals surface area contributed by atoms with E-state index in [9.17, 15) is 9.59 Å². The van der Waals surface area contributed by atoms with E-state index in [0.717, 1.165) is 97.6 Å². The van der Waals surface area contributed by atoms with Gasteiger partial charge in [0.25, 0.3) is 5.91 Å². The normalized spacial score (nSPS) is 16.0. The number of benzene rings is 1. The van der Waals surface area contributed by atoms with Crippen LogP contribution >= 0.6 is 0 Å². The van der Waals surface area contributed by atoms with Gasteiger partial charge in [0.15, 0.2) is 5.65 Å². The van der Waals surface area contributed by atoms with Gasteiger partial charge in [-0.05, 0) is 58.1 Å². The van der Waals surface area contributed by atoms with Crippen LogP contribution in [0.3, 0.4) is 0 Å². The van der Waals surface area contributed by atoms with E-state index < -0.39 is 0 Å². The Morgan fingerprint density at radius 1 is 1.15 bits per heavy atom. The van der Waals surface area contributed by atoms with Gasteiger partial charge < -0.3 is 29.6 Å². The molecule has 5 rings (SSSR count). The van der Waals surface area contributed by atoms with Crippen LogP contribution in [0, 0.1) is 6.92 Å². The van der Waals surface area contributed by atoms with Crippen LogP contribution in [0.25, 0.3) is 5.65 Å². The monoisotopic (exact) mass is 563 g/mol. The number of aldehydes is 2. The Morgan fingerprint density at radius 2 is 1.85 bits per heavy atom. The summed E-state index contributed by atoms with van der Waals surface area (Å²) in [5.74, 6) is 2.20. The number of hydrogen-bond donors (Lipinski definition) is 1. The van der Waals surface area contributed by atoms with E-state index >= 15 is 0 Å². The van der Waals surface area contributed by atoms with Crippen molar-refractivity contribution < 1.29 is 14.4 Å². The fourth-order valence-electron chi connectivity index (χ4n) is 5.48. The van der Waals surface area contributed by atoms with Gasteiger partial charge in [-0.1, -0.05) is 18.6 Å². The first kappa shape index (κ1) is 31.6. The highest BCUT2D eigenvalue weighted by Crippen LogP contribution is 2.37.